The molecule has 0 rings (SSSR count). The van der Waals surface area contributed by atoms with E-state index in [4.69, 9.17) is 5.26 Å². The van der Waals surface area contributed by atoms with Crippen LogP contribution in [0.25, 0.3) is 0 Å². The van der Waals surface area contributed by atoms with Crippen LogP contribution in [0.15, 0.2) is 24.8 Å². The second-order valence-corrected chi connectivity index (χ2v) is 3.95. The van der Waals surface area contributed by atoms with Crippen molar-refractivity contribution in [3.63, 3.8) is 0 Å². The van der Waals surface area contributed by atoms with Gasteiger partial charge in [-0.2, -0.15) is 5.26 Å². The van der Waals surface area contributed by atoms with E-state index in [1.165, 1.54) is 6.92 Å². The first-order valence-electron chi connectivity index (χ1n) is 7.39. The van der Waals surface area contributed by atoms with Gasteiger partial charge in [-0.05, 0) is 19.3 Å². The normalized spacial score (nSPS) is 10.3. The van der Waals surface area contributed by atoms with Crippen LogP contribution in [0.2, 0.25) is 0 Å². The Morgan fingerprint density at radius 1 is 0.625 bits per heavy atom. The van der Waals surface area contributed by atoms with Crippen molar-refractivity contribution < 1.29 is 89.2 Å². The number of allylic oxidation sites excluding steroid dienone is 3. The van der Waals surface area contributed by atoms with Gasteiger partial charge in [0.1, 0.15) is 0 Å². The molecule has 0 aromatic heterocycles. The second kappa shape index (κ2) is 27.8. The summed E-state index contributed by atoms with van der Waals surface area (Å²) in [6.07, 6.45) is 9.73. The van der Waals surface area contributed by atoms with Gasteiger partial charge in [-0.25, -0.2) is 0 Å². The van der Waals surface area contributed by atoms with Crippen molar-refractivity contribution in [3.8, 4) is 6.07 Å². The first kappa shape index (κ1) is 48.3. The molecule has 199 valence electrons. The number of nitrogens with zero attached hydrogens (tertiary/aromatic N) is 1. The molecule has 1 radical (unpaired) electrons. The Hall–Kier alpha value is -1.24. The Balaban J connectivity index is -0.0000000477. The zero-order chi connectivity index (χ0) is 26.9. The molecule has 0 bridgehead atoms. The third-order valence-corrected chi connectivity index (χ3v) is 0.940. The summed E-state index contributed by atoms with van der Waals surface area (Å²) in [4.78, 5) is 0. The molecular weight excluding hydrogens is 674 g/mol. The van der Waals surface area contributed by atoms with E-state index >= 15 is 0 Å². The number of rotatable bonds is 4. The van der Waals surface area contributed by atoms with Crippen LogP contribution in [0.3, 0.4) is 0 Å². The number of hydrogen-bond acceptors (Lipinski definition) is 1. The predicted octanol–water partition coefficient (Wildman–Crippen LogP) is 8.65. The Labute approximate surface area is 188 Å². The molecule has 22 heteroatoms. The molecular formula is C10H17B4F16IrN-4. The van der Waals surface area contributed by atoms with Crippen LogP contribution in [0.1, 0.15) is 33.1 Å². The third-order valence-electron chi connectivity index (χ3n) is 0.940. The van der Waals surface area contributed by atoms with Gasteiger partial charge in [-0.3, -0.25) is 0 Å². The van der Waals surface area contributed by atoms with Gasteiger partial charge in [-0.15, -0.1) is 6.58 Å². The fraction of sp³-hybridized carbons (Fsp3) is 0.500. The van der Waals surface area contributed by atoms with Crippen molar-refractivity contribution in [2.45, 2.75) is 33.1 Å². The Bertz CT molecular complexity index is 369. The van der Waals surface area contributed by atoms with Crippen molar-refractivity contribution >= 4 is 29.0 Å². The van der Waals surface area contributed by atoms with Gasteiger partial charge in [-0.1, -0.05) is 25.2 Å². The molecule has 0 spiro atoms. The summed E-state index contributed by atoms with van der Waals surface area (Å²) in [6, 6.07) is 1.75. The Kier molecular flexibility index (Phi) is 41.9. The SMILES string of the molecule is C=CCCC=CCC.CC#N.F[B-](F)(F)F.F[B-](F)(F)F.F[B-](F)(F)F.F[B-](F)(F)F.[Ir]. The molecule has 0 unspecified atom stereocenters. The van der Waals surface area contributed by atoms with Gasteiger partial charge in [0.15, 0.2) is 0 Å². The molecule has 0 heterocycles. The first-order chi connectivity index (χ1) is 13.3. The number of hydrogen-bond donors (Lipinski definition) is 0. The monoisotopic (exact) mass is 692 g/mol. The van der Waals surface area contributed by atoms with Crippen molar-refractivity contribution in [1.29, 1.82) is 5.26 Å². The molecule has 0 atom stereocenters. The molecule has 0 aromatic carbocycles. The Morgan fingerprint density at radius 2 is 0.812 bits per heavy atom. The maximum Gasteiger partial charge on any atom is 0.673 e. The summed E-state index contributed by atoms with van der Waals surface area (Å²) in [5.41, 5.74) is 0. The molecule has 0 fully saturated rings. The summed E-state index contributed by atoms with van der Waals surface area (Å²) in [6.45, 7) is 7.20. The van der Waals surface area contributed by atoms with Crippen LogP contribution in [-0.2, 0) is 20.1 Å². The third kappa shape index (κ3) is 1570. The zero-order valence-corrected chi connectivity index (χ0v) is 18.6. The Morgan fingerprint density at radius 3 is 0.938 bits per heavy atom. The molecule has 0 N–H and O–H groups in total. The van der Waals surface area contributed by atoms with Crippen LogP contribution in [0.4, 0.5) is 69.1 Å². The van der Waals surface area contributed by atoms with Crippen LogP contribution in [-0.4, -0.2) is 29.0 Å². The largest absolute Gasteiger partial charge is 0.673 e. The van der Waals surface area contributed by atoms with E-state index in [-0.39, 0.29) is 20.1 Å². The molecule has 0 saturated carbocycles. The van der Waals surface area contributed by atoms with Crippen LogP contribution >= 0.6 is 0 Å². The van der Waals surface area contributed by atoms with E-state index in [0.29, 0.717) is 0 Å². The van der Waals surface area contributed by atoms with Gasteiger partial charge >= 0.3 is 29.0 Å². The number of nitriles is 1. The van der Waals surface area contributed by atoms with Crippen molar-refractivity contribution in [3.05, 3.63) is 24.8 Å². The summed E-state index contributed by atoms with van der Waals surface area (Å²) in [5, 5.41) is 7.32. The van der Waals surface area contributed by atoms with E-state index in [0.717, 1.165) is 19.3 Å². The minimum atomic E-state index is -6.00. The number of halogens is 16. The van der Waals surface area contributed by atoms with Crippen LogP contribution in [0, 0.1) is 11.3 Å². The van der Waals surface area contributed by atoms with E-state index in [1.807, 2.05) is 6.08 Å². The maximum absolute atomic E-state index is 9.75. The fourth-order valence-corrected chi connectivity index (χ4v) is 0.499. The summed E-state index contributed by atoms with van der Waals surface area (Å²) in [7, 11) is -24.0. The average molecular weight is 691 g/mol. The van der Waals surface area contributed by atoms with E-state index in [9.17, 15) is 69.1 Å². The molecule has 0 aliphatic rings. The molecule has 0 aliphatic heterocycles. The van der Waals surface area contributed by atoms with Gasteiger partial charge < -0.3 is 69.1 Å². The van der Waals surface area contributed by atoms with Gasteiger partial charge in [0, 0.05) is 27.0 Å². The van der Waals surface area contributed by atoms with E-state index < -0.39 is 29.0 Å². The summed E-state index contributed by atoms with van der Waals surface area (Å²) in [5.74, 6) is 0. The van der Waals surface area contributed by atoms with Crippen LogP contribution in [0.5, 0.6) is 0 Å². The van der Waals surface area contributed by atoms with Gasteiger partial charge in [0.05, 0.1) is 6.07 Å². The van der Waals surface area contributed by atoms with Crippen molar-refractivity contribution in [1.82, 2.24) is 0 Å². The first-order valence-corrected chi connectivity index (χ1v) is 7.39. The van der Waals surface area contributed by atoms with Gasteiger partial charge in [0.25, 0.3) is 0 Å². The topological polar surface area (TPSA) is 23.8 Å². The average Bonchev–Trinajstić information content (AvgIpc) is 2.37. The number of unbranched alkanes of at least 4 members (excludes halogenated alkanes) is 1. The van der Waals surface area contributed by atoms with Crippen molar-refractivity contribution in [2.75, 3.05) is 0 Å². The van der Waals surface area contributed by atoms with Crippen LogP contribution < -0.4 is 0 Å². The summed E-state index contributed by atoms with van der Waals surface area (Å²) < 4.78 is 156. The smallest absolute Gasteiger partial charge is 0.418 e. The van der Waals surface area contributed by atoms with Gasteiger partial charge in [0.2, 0.25) is 0 Å². The standard InChI is InChI=1S/C8H14.C2H3N.4BF4.Ir/c1-3-5-7-8-6-4-2;1-2-3;4*2-1(3,4)5;/h3,6,8H,1,4-5,7H2,2H3;1H3;;;;;/q;;4*-1;. The molecule has 0 amide bonds. The molecule has 0 aromatic rings. The molecule has 32 heavy (non-hydrogen) atoms. The molecule has 1 nitrogen and oxygen atoms in total. The minimum Gasteiger partial charge on any atom is -0.418 e. The maximum atomic E-state index is 9.75. The second-order valence-electron chi connectivity index (χ2n) is 3.95. The summed E-state index contributed by atoms with van der Waals surface area (Å²) >= 11 is 0. The van der Waals surface area contributed by atoms with Crippen molar-refractivity contribution in [2.24, 2.45) is 0 Å². The predicted molar refractivity (Wildman–Crippen MR) is 90.9 cm³/mol. The van der Waals surface area contributed by atoms with E-state index in [1.54, 1.807) is 6.07 Å². The fourth-order valence-electron chi connectivity index (χ4n) is 0.499. The molecule has 0 saturated heterocycles. The minimum absolute atomic E-state index is 0. The zero-order valence-electron chi connectivity index (χ0n) is 16.2. The van der Waals surface area contributed by atoms with E-state index in [2.05, 4.69) is 25.7 Å². The quantitative estimate of drug-likeness (QED) is 0.125. The molecule has 0 aliphatic carbocycles.